The Morgan fingerprint density at radius 2 is 2.38 bits per heavy atom. The molecule has 0 saturated carbocycles. The van der Waals surface area contributed by atoms with Crippen LogP contribution in [0.15, 0.2) is 12.3 Å². The van der Waals surface area contributed by atoms with Crippen LogP contribution in [0.2, 0.25) is 5.02 Å². The number of nitrogens with two attached hydrogens (primary N) is 1. The van der Waals surface area contributed by atoms with Crippen LogP contribution >= 0.6 is 11.6 Å². The van der Waals surface area contributed by atoms with Gasteiger partial charge in [0.1, 0.15) is 0 Å². The highest BCUT2D eigenvalue weighted by atomic mass is 35.5. The summed E-state index contributed by atoms with van der Waals surface area (Å²) in [6.45, 7) is 0.461. The maximum atomic E-state index is 12.9. The zero-order valence-corrected chi connectivity index (χ0v) is 7.61. The van der Waals surface area contributed by atoms with Crippen molar-refractivity contribution >= 4 is 11.6 Å². The van der Waals surface area contributed by atoms with Gasteiger partial charge in [-0.2, -0.15) is 4.39 Å². The Kier molecular flexibility index (Phi) is 3.69. The lowest BCUT2D eigenvalue weighted by molar-refractivity contribution is 0.580. The molecule has 0 radical (unpaired) electrons. The van der Waals surface area contributed by atoms with Gasteiger partial charge in [0, 0.05) is 19.2 Å². The fourth-order valence-electron chi connectivity index (χ4n) is 0.740. The fraction of sp³-hybridized carbons (Fsp3) is 0.222. The minimum atomic E-state index is -0.603. The van der Waals surface area contributed by atoms with Crippen LogP contribution in [0, 0.1) is 17.8 Å². The Balaban J connectivity index is 2.89. The maximum Gasteiger partial charge on any atom is 0.228 e. The first-order valence-electron chi connectivity index (χ1n) is 3.74. The monoisotopic (exact) mass is 198 g/mol. The predicted octanol–water partition coefficient (Wildman–Crippen LogP) is 1.57. The van der Waals surface area contributed by atoms with Crippen molar-refractivity contribution in [3.8, 4) is 11.8 Å². The summed E-state index contributed by atoms with van der Waals surface area (Å²) in [5, 5.41) is 0.374. The van der Waals surface area contributed by atoms with E-state index in [1.165, 1.54) is 12.3 Å². The average molecular weight is 199 g/mol. The summed E-state index contributed by atoms with van der Waals surface area (Å²) in [7, 11) is 0. The summed E-state index contributed by atoms with van der Waals surface area (Å²) < 4.78 is 12.9. The van der Waals surface area contributed by atoms with Crippen LogP contribution in [0.4, 0.5) is 4.39 Å². The quantitative estimate of drug-likeness (QED) is 0.550. The molecular weight excluding hydrogens is 191 g/mol. The van der Waals surface area contributed by atoms with E-state index in [2.05, 4.69) is 16.8 Å². The zero-order valence-electron chi connectivity index (χ0n) is 6.85. The number of rotatable bonds is 1. The summed E-state index contributed by atoms with van der Waals surface area (Å²) in [6, 6.07) is 1.44. The minimum Gasteiger partial charge on any atom is -0.330 e. The van der Waals surface area contributed by atoms with Crippen LogP contribution in [0.25, 0.3) is 0 Å². The predicted molar refractivity (Wildman–Crippen MR) is 49.8 cm³/mol. The van der Waals surface area contributed by atoms with Crippen LogP contribution in [-0.4, -0.2) is 11.5 Å². The van der Waals surface area contributed by atoms with Crippen LogP contribution in [0.3, 0.4) is 0 Å². The lowest BCUT2D eigenvalue weighted by Gasteiger charge is -1.93. The molecule has 68 valence electrons. The van der Waals surface area contributed by atoms with Crippen LogP contribution in [0.1, 0.15) is 12.0 Å². The van der Waals surface area contributed by atoms with Gasteiger partial charge in [0.25, 0.3) is 0 Å². The summed E-state index contributed by atoms with van der Waals surface area (Å²) in [5.74, 6) is 4.71. The third-order valence-corrected chi connectivity index (χ3v) is 1.50. The first-order valence-corrected chi connectivity index (χ1v) is 4.12. The summed E-state index contributed by atoms with van der Waals surface area (Å²) >= 11 is 5.61. The highest BCUT2D eigenvalue weighted by Crippen LogP contribution is 2.10. The third-order valence-electron chi connectivity index (χ3n) is 1.30. The van der Waals surface area contributed by atoms with E-state index in [0.717, 1.165) is 0 Å². The average Bonchev–Trinajstić information content (AvgIpc) is 2.11. The lowest BCUT2D eigenvalue weighted by atomic mass is 10.2. The van der Waals surface area contributed by atoms with E-state index in [4.69, 9.17) is 17.3 Å². The van der Waals surface area contributed by atoms with Crippen molar-refractivity contribution in [2.75, 3.05) is 6.54 Å². The van der Waals surface area contributed by atoms with E-state index < -0.39 is 5.95 Å². The second kappa shape index (κ2) is 4.80. The Morgan fingerprint density at radius 1 is 1.62 bits per heavy atom. The number of hydrogen-bond donors (Lipinski definition) is 1. The van der Waals surface area contributed by atoms with E-state index in [1.54, 1.807) is 0 Å². The molecule has 0 atom stereocenters. The molecule has 13 heavy (non-hydrogen) atoms. The molecule has 0 aliphatic carbocycles. The highest BCUT2D eigenvalue weighted by Gasteiger charge is 1.99. The summed E-state index contributed by atoms with van der Waals surface area (Å²) in [5.41, 5.74) is 5.43. The van der Waals surface area contributed by atoms with E-state index in [1.807, 2.05) is 0 Å². The smallest absolute Gasteiger partial charge is 0.228 e. The molecule has 1 heterocycles. The van der Waals surface area contributed by atoms with Crippen molar-refractivity contribution in [2.45, 2.75) is 6.42 Å². The van der Waals surface area contributed by atoms with Gasteiger partial charge in [0.05, 0.1) is 10.6 Å². The molecule has 0 unspecified atom stereocenters. The number of halogens is 2. The van der Waals surface area contributed by atoms with Crippen molar-refractivity contribution in [3.63, 3.8) is 0 Å². The van der Waals surface area contributed by atoms with Crippen molar-refractivity contribution in [1.29, 1.82) is 0 Å². The molecule has 0 aromatic carbocycles. The maximum absolute atomic E-state index is 12.9. The molecule has 0 fully saturated rings. The SMILES string of the molecule is NCCC#Cc1cc(Cl)cnc1F. The van der Waals surface area contributed by atoms with Crippen LogP contribution < -0.4 is 5.73 Å². The molecule has 0 saturated heterocycles. The highest BCUT2D eigenvalue weighted by molar-refractivity contribution is 6.30. The van der Waals surface area contributed by atoms with Gasteiger partial charge in [-0.05, 0) is 6.07 Å². The second-order valence-corrected chi connectivity index (χ2v) is 2.77. The van der Waals surface area contributed by atoms with Gasteiger partial charge in [-0.3, -0.25) is 0 Å². The van der Waals surface area contributed by atoms with E-state index >= 15 is 0 Å². The molecule has 2 N–H and O–H groups in total. The Morgan fingerprint density at radius 3 is 3.08 bits per heavy atom. The second-order valence-electron chi connectivity index (χ2n) is 2.33. The van der Waals surface area contributed by atoms with Crippen molar-refractivity contribution in [2.24, 2.45) is 5.73 Å². The molecule has 0 bridgehead atoms. The number of nitrogens with zero attached hydrogens (tertiary/aromatic N) is 1. The molecule has 2 nitrogen and oxygen atoms in total. The van der Waals surface area contributed by atoms with Gasteiger partial charge >= 0.3 is 0 Å². The van der Waals surface area contributed by atoms with Gasteiger partial charge in [-0.25, -0.2) is 4.98 Å². The van der Waals surface area contributed by atoms with Gasteiger partial charge < -0.3 is 5.73 Å². The van der Waals surface area contributed by atoms with Crippen LogP contribution in [-0.2, 0) is 0 Å². The van der Waals surface area contributed by atoms with Crippen LogP contribution in [0.5, 0.6) is 0 Å². The van der Waals surface area contributed by atoms with E-state index in [0.29, 0.717) is 18.0 Å². The Labute approximate surface area is 80.9 Å². The largest absolute Gasteiger partial charge is 0.330 e. The fourth-order valence-corrected chi connectivity index (χ4v) is 0.898. The van der Waals surface area contributed by atoms with E-state index in [9.17, 15) is 4.39 Å². The normalized spacial score (nSPS) is 9.15. The molecule has 4 heteroatoms. The number of pyridine rings is 1. The first kappa shape index (κ1) is 9.97. The molecule has 1 aromatic heterocycles. The zero-order chi connectivity index (χ0) is 9.68. The number of hydrogen-bond acceptors (Lipinski definition) is 2. The summed E-state index contributed by atoms with van der Waals surface area (Å²) in [6.07, 6.45) is 1.77. The van der Waals surface area contributed by atoms with Gasteiger partial charge in [-0.15, -0.1) is 0 Å². The lowest BCUT2D eigenvalue weighted by Crippen LogP contribution is -1.95. The standard InChI is InChI=1S/C9H8ClFN2/c10-8-5-7(3-1-2-4-12)9(11)13-6-8/h5-6H,2,4,12H2. The number of aromatic nitrogens is 1. The van der Waals surface area contributed by atoms with Gasteiger partial charge in [0.2, 0.25) is 5.95 Å². The third kappa shape index (κ3) is 3.02. The molecule has 1 rings (SSSR count). The van der Waals surface area contributed by atoms with E-state index in [-0.39, 0.29) is 5.56 Å². The van der Waals surface area contributed by atoms with Crippen molar-refractivity contribution < 1.29 is 4.39 Å². The molecule has 0 amide bonds. The molecule has 0 aliphatic rings. The Hall–Kier alpha value is -1.11. The van der Waals surface area contributed by atoms with Crippen molar-refractivity contribution in [1.82, 2.24) is 4.98 Å². The first-order chi connectivity index (χ1) is 6.24. The molecule has 1 aromatic rings. The molecular formula is C9H8ClFN2. The van der Waals surface area contributed by atoms with Gasteiger partial charge in [0.15, 0.2) is 0 Å². The topological polar surface area (TPSA) is 38.9 Å². The van der Waals surface area contributed by atoms with Gasteiger partial charge in [-0.1, -0.05) is 23.4 Å². The molecule has 0 spiro atoms. The summed E-state index contributed by atoms with van der Waals surface area (Å²) in [4.78, 5) is 3.43. The minimum absolute atomic E-state index is 0.209. The van der Waals surface area contributed by atoms with Crippen molar-refractivity contribution in [3.05, 3.63) is 28.8 Å². The Bertz CT molecular complexity index is 354. The molecule has 0 aliphatic heterocycles.